The number of aryl methyl sites for hydroxylation is 1. The summed E-state index contributed by atoms with van der Waals surface area (Å²) < 4.78 is 6.70. The second-order valence-corrected chi connectivity index (χ2v) is 9.63. The van der Waals surface area contributed by atoms with E-state index in [0.717, 1.165) is 31.7 Å². The molecule has 0 radical (unpaired) electrons. The highest BCUT2D eigenvalue weighted by atomic mass is 32.2. The van der Waals surface area contributed by atoms with Crippen LogP contribution in [0.2, 0.25) is 0 Å². The van der Waals surface area contributed by atoms with E-state index in [2.05, 4.69) is 18.0 Å². The van der Waals surface area contributed by atoms with Crippen LogP contribution in [0.25, 0.3) is 11.1 Å². The summed E-state index contributed by atoms with van der Waals surface area (Å²) >= 11 is 3.32. The van der Waals surface area contributed by atoms with Gasteiger partial charge in [-0.3, -0.25) is 0 Å². The van der Waals surface area contributed by atoms with E-state index in [4.69, 9.17) is 4.74 Å². The number of hydrogen-bond donors (Lipinski definition) is 0. The van der Waals surface area contributed by atoms with Crippen molar-refractivity contribution in [3.63, 3.8) is 0 Å². The van der Waals surface area contributed by atoms with E-state index in [9.17, 15) is 4.79 Å². The highest BCUT2D eigenvalue weighted by Gasteiger charge is 2.19. The number of aromatic nitrogens is 1. The van der Waals surface area contributed by atoms with Gasteiger partial charge >= 0.3 is 5.97 Å². The molecular formula is C22H23NO2S2. The van der Waals surface area contributed by atoms with E-state index in [1.54, 1.807) is 23.1 Å². The molecule has 0 saturated heterocycles. The summed E-state index contributed by atoms with van der Waals surface area (Å²) in [6, 6.07) is 16.0. The number of ether oxygens (including phenoxy) is 1. The monoisotopic (exact) mass is 397 g/mol. The van der Waals surface area contributed by atoms with Crippen LogP contribution in [0.4, 0.5) is 0 Å². The Morgan fingerprint density at radius 3 is 2.48 bits per heavy atom. The van der Waals surface area contributed by atoms with Crippen molar-refractivity contribution < 1.29 is 9.53 Å². The predicted octanol–water partition coefficient (Wildman–Crippen LogP) is 6.48. The minimum atomic E-state index is -0.527. The number of esters is 1. The Kier molecular flexibility index (Phi) is 6.02. The first-order valence-corrected chi connectivity index (χ1v) is 10.5. The van der Waals surface area contributed by atoms with Crippen molar-refractivity contribution in [2.75, 3.05) is 0 Å². The van der Waals surface area contributed by atoms with E-state index < -0.39 is 5.60 Å². The van der Waals surface area contributed by atoms with Crippen molar-refractivity contribution in [2.45, 2.75) is 48.8 Å². The second-order valence-electron chi connectivity index (χ2n) is 7.14. The van der Waals surface area contributed by atoms with Crippen molar-refractivity contribution in [2.24, 2.45) is 0 Å². The molecule has 1 heterocycles. The average molecular weight is 398 g/mol. The Labute approximate surface area is 168 Å². The van der Waals surface area contributed by atoms with Crippen molar-refractivity contribution in [3.8, 4) is 11.1 Å². The van der Waals surface area contributed by atoms with Gasteiger partial charge in [0.1, 0.15) is 5.60 Å². The molecule has 3 aromatic rings. The number of rotatable bonds is 5. The van der Waals surface area contributed by atoms with Gasteiger partial charge in [-0.05, 0) is 56.5 Å². The van der Waals surface area contributed by atoms with Gasteiger partial charge in [-0.1, -0.05) is 49.0 Å². The smallest absolute Gasteiger partial charge is 0.338 e. The number of nitrogens with zero attached hydrogens (tertiary/aromatic N) is 1. The number of benzene rings is 2. The largest absolute Gasteiger partial charge is 0.456 e. The van der Waals surface area contributed by atoms with Crippen LogP contribution in [0.1, 0.15) is 43.1 Å². The van der Waals surface area contributed by atoms with Crippen LogP contribution in [-0.4, -0.2) is 16.6 Å². The van der Waals surface area contributed by atoms with Gasteiger partial charge in [0.05, 0.1) is 21.0 Å². The summed E-state index contributed by atoms with van der Waals surface area (Å²) in [5.41, 5.74) is 2.11. The molecule has 0 unspecified atom stereocenters. The maximum absolute atomic E-state index is 12.7. The van der Waals surface area contributed by atoms with E-state index in [-0.39, 0.29) is 5.97 Å². The van der Waals surface area contributed by atoms with Gasteiger partial charge in [0.25, 0.3) is 0 Å². The molecule has 0 atom stereocenters. The van der Waals surface area contributed by atoms with Crippen LogP contribution in [0.5, 0.6) is 0 Å². The number of hydrogen-bond acceptors (Lipinski definition) is 5. The summed E-state index contributed by atoms with van der Waals surface area (Å²) in [7, 11) is 0. The van der Waals surface area contributed by atoms with Crippen LogP contribution < -0.4 is 0 Å². The third-order valence-electron chi connectivity index (χ3n) is 3.70. The summed E-state index contributed by atoms with van der Waals surface area (Å²) in [6.07, 6.45) is 2.83. The molecule has 0 bridgehead atoms. The van der Waals surface area contributed by atoms with Gasteiger partial charge in [-0.2, -0.15) is 0 Å². The number of carbonyl (C=O) groups is 1. The van der Waals surface area contributed by atoms with E-state index in [1.165, 1.54) is 0 Å². The average Bonchev–Trinajstić information content (AvgIpc) is 3.08. The van der Waals surface area contributed by atoms with Crippen molar-refractivity contribution in [1.82, 2.24) is 4.98 Å². The first-order chi connectivity index (χ1) is 12.8. The summed E-state index contributed by atoms with van der Waals surface area (Å²) in [4.78, 5) is 18.1. The Balaban J connectivity index is 1.98. The fraction of sp³-hybridized carbons (Fsp3) is 0.273. The van der Waals surface area contributed by atoms with Crippen molar-refractivity contribution in [3.05, 3.63) is 65.3 Å². The number of carbonyl (C=O) groups excluding carboxylic acids is 1. The molecule has 0 spiro atoms. The minimum Gasteiger partial charge on any atom is -0.456 e. The van der Waals surface area contributed by atoms with Gasteiger partial charge in [-0.15, -0.1) is 11.3 Å². The summed E-state index contributed by atoms with van der Waals surface area (Å²) in [6.45, 7) is 7.74. The molecule has 0 aliphatic carbocycles. The van der Waals surface area contributed by atoms with Crippen molar-refractivity contribution in [1.29, 1.82) is 0 Å². The fourth-order valence-corrected chi connectivity index (χ4v) is 4.57. The van der Waals surface area contributed by atoms with Crippen LogP contribution in [0.15, 0.2) is 63.8 Å². The Morgan fingerprint density at radius 1 is 1.11 bits per heavy atom. The van der Waals surface area contributed by atoms with Crippen LogP contribution in [0, 0.1) is 0 Å². The molecule has 1 aromatic heterocycles. The van der Waals surface area contributed by atoms with E-state index in [0.29, 0.717) is 5.56 Å². The summed E-state index contributed by atoms with van der Waals surface area (Å²) in [5.74, 6) is -0.305. The van der Waals surface area contributed by atoms with Crippen molar-refractivity contribution >= 4 is 29.1 Å². The Bertz CT molecular complexity index is 927. The SMILES string of the molecule is CCc1ncc(Sc2cc(C(=O)OC(C)(C)C)cc(-c3ccccc3)c2)s1. The molecule has 3 nitrogen and oxygen atoms in total. The molecule has 0 aliphatic heterocycles. The molecule has 0 fully saturated rings. The zero-order valence-corrected chi connectivity index (χ0v) is 17.6. The van der Waals surface area contributed by atoms with Gasteiger partial charge in [0, 0.05) is 4.90 Å². The lowest BCUT2D eigenvalue weighted by Crippen LogP contribution is -2.23. The predicted molar refractivity (Wildman–Crippen MR) is 113 cm³/mol. The molecule has 0 amide bonds. The highest BCUT2D eigenvalue weighted by Crippen LogP contribution is 2.35. The molecule has 2 aromatic carbocycles. The maximum Gasteiger partial charge on any atom is 0.338 e. The molecule has 0 saturated carbocycles. The zero-order chi connectivity index (χ0) is 19.4. The third-order valence-corrected chi connectivity index (χ3v) is 5.92. The van der Waals surface area contributed by atoms with Crippen LogP contribution in [0.3, 0.4) is 0 Å². The molecule has 0 N–H and O–H groups in total. The first-order valence-electron chi connectivity index (χ1n) is 8.90. The highest BCUT2D eigenvalue weighted by molar-refractivity contribution is 8.01. The molecular weight excluding hydrogens is 374 g/mol. The van der Waals surface area contributed by atoms with Gasteiger partial charge in [0.2, 0.25) is 0 Å². The molecule has 3 rings (SSSR count). The van der Waals surface area contributed by atoms with Gasteiger partial charge in [0.15, 0.2) is 0 Å². The van der Waals surface area contributed by atoms with Crippen LogP contribution >= 0.6 is 23.1 Å². The lowest BCUT2D eigenvalue weighted by atomic mass is 10.0. The Hall–Kier alpha value is -2.11. The first kappa shape index (κ1) is 19.6. The van der Waals surface area contributed by atoms with E-state index >= 15 is 0 Å². The normalized spacial score (nSPS) is 11.4. The topological polar surface area (TPSA) is 39.2 Å². The van der Waals surface area contributed by atoms with Crippen LogP contribution in [-0.2, 0) is 11.2 Å². The Morgan fingerprint density at radius 2 is 1.85 bits per heavy atom. The van der Waals surface area contributed by atoms with E-state index in [1.807, 2.05) is 69.4 Å². The van der Waals surface area contributed by atoms with Gasteiger partial charge in [-0.25, -0.2) is 9.78 Å². The lowest BCUT2D eigenvalue weighted by Gasteiger charge is -2.20. The lowest BCUT2D eigenvalue weighted by molar-refractivity contribution is 0.00693. The summed E-state index contributed by atoms with van der Waals surface area (Å²) in [5, 5.41) is 1.11. The molecule has 140 valence electrons. The fourth-order valence-electron chi connectivity index (χ4n) is 2.53. The second kappa shape index (κ2) is 8.28. The molecule has 27 heavy (non-hydrogen) atoms. The van der Waals surface area contributed by atoms with Gasteiger partial charge < -0.3 is 4.74 Å². The molecule has 0 aliphatic rings. The maximum atomic E-state index is 12.7. The minimum absolute atomic E-state index is 0.305. The third kappa shape index (κ3) is 5.44. The number of thiazole rings is 1. The quantitative estimate of drug-likeness (QED) is 0.462. The standard InChI is InChI=1S/C22H23NO2S2/c1-5-19-23-14-20(27-19)26-18-12-16(15-9-7-6-8-10-15)11-17(13-18)21(24)25-22(2,3)4/h6-14H,5H2,1-4H3. The zero-order valence-electron chi connectivity index (χ0n) is 16.0. The molecule has 5 heteroatoms.